The predicted molar refractivity (Wildman–Crippen MR) is 70.5 cm³/mol. The zero-order valence-corrected chi connectivity index (χ0v) is 11.5. The third kappa shape index (κ3) is 15.8. The molecule has 1 N–H and O–H groups in total. The summed E-state index contributed by atoms with van der Waals surface area (Å²) in [4.78, 5) is 0. The first kappa shape index (κ1) is 16.8. The van der Waals surface area contributed by atoms with Crippen LogP contribution in [-0.2, 0) is 14.2 Å². The summed E-state index contributed by atoms with van der Waals surface area (Å²) in [6.45, 7) is 4.93. The van der Waals surface area contributed by atoms with Crippen molar-refractivity contribution in [1.29, 1.82) is 0 Å². The van der Waals surface area contributed by atoms with Gasteiger partial charge in [0.2, 0.25) is 0 Å². The van der Waals surface area contributed by atoms with Crippen molar-refractivity contribution in [3.63, 3.8) is 0 Å². The number of methoxy groups -OCH3 is 1. The molecule has 0 atom stereocenters. The van der Waals surface area contributed by atoms with Crippen molar-refractivity contribution >= 4 is 0 Å². The first-order valence-corrected chi connectivity index (χ1v) is 6.71. The van der Waals surface area contributed by atoms with Gasteiger partial charge in [-0.3, -0.25) is 0 Å². The quantitative estimate of drug-likeness (QED) is 0.475. The number of hydrogen-bond donors (Lipinski definition) is 1. The molecule has 0 saturated carbocycles. The van der Waals surface area contributed by atoms with Crippen LogP contribution in [0.2, 0.25) is 0 Å². The van der Waals surface area contributed by atoms with Gasteiger partial charge in [0, 0.05) is 26.9 Å². The fourth-order valence-electron chi connectivity index (χ4n) is 1.49. The Balaban J connectivity index is 2.85. The lowest BCUT2D eigenvalue weighted by molar-refractivity contribution is 0.0387. The van der Waals surface area contributed by atoms with Gasteiger partial charge < -0.3 is 19.5 Å². The second kappa shape index (κ2) is 15.8. The van der Waals surface area contributed by atoms with Crippen LogP contribution in [0.5, 0.6) is 0 Å². The van der Waals surface area contributed by atoms with E-state index in [2.05, 4.69) is 5.32 Å². The monoisotopic (exact) mass is 247 g/mol. The molecule has 0 aromatic heterocycles. The lowest BCUT2D eigenvalue weighted by atomic mass is 10.2. The number of ether oxygens (including phenoxy) is 3. The van der Waals surface area contributed by atoms with Crippen molar-refractivity contribution in [1.82, 2.24) is 5.32 Å². The van der Waals surface area contributed by atoms with E-state index in [1.807, 2.05) is 7.05 Å². The molecule has 4 heteroatoms. The van der Waals surface area contributed by atoms with Crippen LogP contribution in [0, 0.1) is 0 Å². The van der Waals surface area contributed by atoms with Gasteiger partial charge in [0.15, 0.2) is 0 Å². The third-order valence-corrected chi connectivity index (χ3v) is 2.47. The van der Waals surface area contributed by atoms with E-state index in [4.69, 9.17) is 14.2 Å². The van der Waals surface area contributed by atoms with Crippen LogP contribution in [0.4, 0.5) is 0 Å². The summed E-state index contributed by atoms with van der Waals surface area (Å²) in [6, 6.07) is 0. The number of unbranched alkanes of at least 4 members (excludes halogenated alkanes) is 3. The van der Waals surface area contributed by atoms with Gasteiger partial charge in [0.1, 0.15) is 0 Å². The molecule has 0 aliphatic heterocycles. The molecule has 0 unspecified atom stereocenters. The Morgan fingerprint density at radius 3 is 2.00 bits per heavy atom. The number of nitrogens with one attached hydrogen (secondary N) is 1. The first-order chi connectivity index (χ1) is 8.41. The average molecular weight is 247 g/mol. The van der Waals surface area contributed by atoms with Gasteiger partial charge in [-0.2, -0.15) is 0 Å². The molecular formula is C13H29NO3. The molecule has 0 fully saturated rings. The van der Waals surface area contributed by atoms with Crippen LogP contribution in [0.25, 0.3) is 0 Å². The van der Waals surface area contributed by atoms with E-state index in [-0.39, 0.29) is 0 Å². The number of hydrogen-bond acceptors (Lipinski definition) is 4. The van der Waals surface area contributed by atoms with Crippen molar-refractivity contribution in [3.8, 4) is 0 Å². The van der Waals surface area contributed by atoms with Gasteiger partial charge in [-0.1, -0.05) is 12.8 Å². The van der Waals surface area contributed by atoms with E-state index in [0.717, 1.165) is 39.2 Å². The smallest absolute Gasteiger partial charge is 0.0700 e. The summed E-state index contributed by atoms with van der Waals surface area (Å²) in [7, 11) is 3.70. The molecule has 17 heavy (non-hydrogen) atoms. The van der Waals surface area contributed by atoms with Gasteiger partial charge in [-0.25, -0.2) is 0 Å². The third-order valence-electron chi connectivity index (χ3n) is 2.47. The van der Waals surface area contributed by atoms with E-state index in [1.165, 1.54) is 19.3 Å². The summed E-state index contributed by atoms with van der Waals surface area (Å²) < 4.78 is 15.8. The largest absolute Gasteiger partial charge is 0.385 e. The molecule has 0 bridgehead atoms. The Bertz CT molecular complexity index is 120. The van der Waals surface area contributed by atoms with Crippen molar-refractivity contribution < 1.29 is 14.2 Å². The highest BCUT2D eigenvalue weighted by atomic mass is 16.5. The Hall–Kier alpha value is -0.160. The Kier molecular flexibility index (Phi) is 15.7. The zero-order chi connectivity index (χ0) is 12.6. The fourth-order valence-corrected chi connectivity index (χ4v) is 1.49. The maximum atomic E-state index is 5.47. The highest BCUT2D eigenvalue weighted by Gasteiger charge is 1.92. The minimum atomic E-state index is 0.698. The molecule has 104 valence electrons. The lowest BCUT2D eigenvalue weighted by Gasteiger charge is -2.05. The normalized spacial score (nSPS) is 10.9. The Morgan fingerprint density at radius 1 is 0.706 bits per heavy atom. The summed E-state index contributed by atoms with van der Waals surface area (Å²) in [5.74, 6) is 0. The number of rotatable bonds is 14. The maximum Gasteiger partial charge on any atom is 0.0700 e. The SMILES string of the molecule is CNCCCCCCOCCOCCCOC. The molecule has 0 spiro atoms. The standard InChI is InChI=1S/C13H29NO3/c1-14-8-5-3-4-6-10-16-12-13-17-11-7-9-15-2/h14H,3-13H2,1-2H3. The summed E-state index contributed by atoms with van der Waals surface area (Å²) in [5, 5.41) is 3.15. The second-order valence-electron chi connectivity index (χ2n) is 4.09. The van der Waals surface area contributed by atoms with Crippen LogP contribution >= 0.6 is 0 Å². The van der Waals surface area contributed by atoms with Crippen molar-refractivity contribution in [2.24, 2.45) is 0 Å². The van der Waals surface area contributed by atoms with E-state index >= 15 is 0 Å². The molecule has 0 saturated heterocycles. The molecule has 0 aliphatic rings. The van der Waals surface area contributed by atoms with Gasteiger partial charge >= 0.3 is 0 Å². The summed E-state index contributed by atoms with van der Waals surface area (Å²) in [5.41, 5.74) is 0. The summed E-state index contributed by atoms with van der Waals surface area (Å²) in [6.07, 6.45) is 5.93. The van der Waals surface area contributed by atoms with E-state index in [1.54, 1.807) is 7.11 Å². The van der Waals surface area contributed by atoms with Crippen LogP contribution in [-0.4, -0.2) is 53.7 Å². The van der Waals surface area contributed by atoms with Gasteiger partial charge in [-0.05, 0) is 32.9 Å². The molecule has 4 nitrogen and oxygen atoms in total. The molecule has 0 rings (SSSR count). The van der Waals surface area contributed by atoms with E-state index in [9.17, 15) is 0 Å². The maximum absolute atomic E-state index is 5.47. The van der Waals surface area contributed by atoms with Crippen molar-refractivity contribution in [2.75, 3.05) is 53.7 Å². The van der Waals surface area contributed by atoms with Crippen LogP contribution in [0.3, 0.4) is 0 Å². The van der Waals surface area contributed by atoms with Crippen LogP contribution in [0.1, 0.15) is 32.1 Å². The van der Waals surface area contributed by atoms with Crippen molar-refractivity contribution in [2.45, 2.75) is 32.1 Å². The molecule has 0 heterocycles. The first-order valence-electron chi connectivity index (χ1n) is 6.71. The topological polar surface area (TPSA) is 39.7 Å². The van der Waals surface area contributed by atoms with Crippen LogP contribution < -0.4 is 5.32 Å². The lowest BCUT2D eigenvalue weighted by Crippen LogP contribution is -2.08. The highest BCUT2D eigenvalue weighted by Crippen LogP contribution is 1.99. The van der Waals surface area contributed by atoms with E-state index < -0.39 is 0 Å². The van der Waals surface area contributed by atoms with Gasteiger partial charge in [0.05, 0.1) is 13.2 Å². The minimum absolute atomic E-state index is 0.698. The summed E-state index contributed by atoms with van der Waals surface area (Å²) >= 11 is 0. The molecule has 0 aromatic rings. The zero-order valence-electron chi connectivity index (χ0n) is 11.5. The van der Waals surface area contributed by atoms with E-state index in [0.29, 0.717) is 13.2 Å². The Labute approximate surface area is 106 Å². The molecule has 0 radical (unpaired) electrons. The molecule has 0 amide bonds. The minimum Gasteiger partial charge on any atom is -0.385 e. The molecule has 0 aromatic carbocycles. The molecular weight excluding hydrogens is 218 g/mol. The second-order valence-corrected chi connectivity index (χ2v) is 4.09. The predicted octanol–water partition coefficient (Wildman–Crippen LogP) is 1.84. The van der Waals surface area contributed by atoms with Gasteiger partial charge in [0.25, 0.3) is 0 Å². The molecule has 0 aliphatic carbocycles. The fraction of sp³-hybridized carbons (Fsp3) is 1.00. The highest BCUT2D eigenvalue weighted by molar-refractivity contribution is 4.45. The van der Waals surface area contributed by atoms with Crippen molar-refractivity contribution in [3.05, 3.63) is 0 Å². The average Bonchev–Trinajstić information content (AvgIpc) is 2.35. The van der Waals surface area contributed by atoms with Gasteiger partial charge in [-0.15, -0.1) is 0 Å². The Morgan fingerprint density at radius 2 is 1.35 bits per heavy atom. The van der Waals surface area contributed by atoms with Crippen LogP contribution in [0.15, 0.2) is 0 Å².